The molecule has 8 nitrogen and oxygen atoms in total. The van der Waals surface area contributed by atoms with Crippen LogP contribution in [0.3, 0.4) is 0 Å². The zero-order valence-electron chi connectivity index (χ0n) is 17.1. The third-order valence-electron chi connectivity index (χ3n) is 5.11. The van der Waals surface area contributed by atoms with Gasteiger partial charge < -0.3 is 15.0 Å². The summed E-state index contributed by atoms with van der Waals surface area (Å²) in [6.45, 7) is 3.71. The lowest BCUT2D eigenvalue weighted by Gasteiger charge is -2.26. The molecule has 162 valence electrons. The maximum atomic E-state index is 14.4. The number of amides is 1. The number of esters is 1. The molecule has 10 heteroatoms. The molecule has 31 heavy (non-hydrogen) atoms. The van der Waals surface area contributed by atoms with Crippen LogP contribution in [0.25, 0.3) is 5.65 Å². The van der Waals surface area contributed by atoms with Crippen molar-refractivity contribution in [2.24, 2.45) is 0 Å². The Balaban J connectivity index is 1.79. The fourth-order valence-electron chi connectivity index (χ4n) is 3.86. The van der Waals surface area contributed by atoms with Crippen molar-refractivity contribution in [1.29, 1.82) is 0 Å². The number of anilines is 2. The van der Waals surface area contributed by atoms with Crippen LogP contribution in [0, 0.1) is 11.6 Å². The van der Waals surface area contributed by atoms with Gasteiger partial charge in [-0.3, -0.25) is 4.79 Å². The Morgan fingerprint density at radius 3 is 2.84 bits per heavy atom. The molecule has 1 aliphatic rings. The van der Waals surface area contributed by atoms with E-state index in [1.165, 1.54) is 17.5 Å². The van der Waals surface area contributed by atoms with E-state index in [0.717, 1.165) is 18.6 Å². The van der Waals surface area contributed by atoms with Gasteiger partial charge in [-0.05, 0) is 44.0 Å². The standard InChI is InChI=1S/C21H21F2N5O3/c1-3-31-21(30)18-19(24-12(2)29)26-28-10-8-17(25-20(18)28)27-9-4-5-16(27)14-11-13(22)6-7-15(14)23/h6-8,10-11,16H,3-5,9H2,1-2H3,(H,24,26,29). The maximum Gasteiger partial charge on any atom is 0.345 e. The molecule has 1 unspecified atom stereocenters. The number of nitrogens with one attached hydrogen (secondary N) is 1. The summed E-state index contributed by atoms with van der Waals surface area (Å²) in [6, 6.07) is 4.70. The van der Waals surface area contributed by atoms with E-state index in [9.17, 15) is 18.4 Å². The van der Waals surface area contributed by atoms with Gasteiger partial charge in [0.05, 0.1) is 12.6 Å². The molecule has 4 rings (SSSR count). The fourth-order valence-corrected chi connectivity index (χ4v) is 3.86. The molecule has 1 atom stereocenters. The van der Waals surface area contributed by atoms with Crippen LogP contribution >= 0.6 is 0 Å². The van der Waals surface area contributed by atoms with Gasteiger partial charge in [-0.15, -0.1) is 5.10 Å². The molecule has 1 saturated heterocycles. The molecule has 1 N–H and O–H groups in total. The first-order valence-electron chi connectivity index (χ1n) is 9.94. The molecule has 0 saturated carbocycles. The molecule has 1 amide bonds. The van der Waals surface area contributed by atoms with Gasteiger partial charge in [0.25, 0.3) is 0 Å². The van der Waals surface area contributed by atoms with Crippen LogP contribution in [0.4, 0.5) is 20.4 Å². The number of carbonyl (C=O) groups is 2. The number of rotatable bonds is 5. The Kier molecular flexibility index (Phi) is 5.53. The van der Waals surface area contributed by atoms with E-state index >= 15 is 0 Å². The predicted octanol–water partition coefficient (Wildman–Crippen LogP) is 3.48. The van der Waals surface area contributed by atoms with Crippen LogP contribution in [-0.2, 0) is 9.53 Å². The molecule has 0 bridgehead atoms. The molecule has 2 aromatic heterocycles. The van der Waals surface area contributed by atoms with Crippen molar-refractivity contribution in [3.8, 4) is 0 Å². The number of aromatic nitrogens is 3. The van der Waals surface area contributed by atoms with Crippen molar-refractivity contribution in [2.75, 3.05) is 23.4 Å². The Hall–Kier alpha value is -3.56. The van der Waals surface area contributed by atoms with Crippen LogP contribution in [0.5, 0.6) is 0 Å². The summed E-state index contributed by atoms with van der Waals surface area (Å²) in [4.78, 5) is 30.5. The van der Waals surface area contributed by atoms with Gasteiger partial charge in [0.2, 0.25) is 5.91 Å². The lowest BCUT2D eigenvalue weighted by molar-refractivity contribution is -0.114. The number of halogens is 2. The van der Waals surface area contributed by atoms with E-state index < -0.39 is 29.6 Å². The Labute approximate surface area is 176 Å². The van der Waals surface area contributed by atoms with E-state index in [-0.39, 0.29) is 29.2 Å². The molecular formula is C21H21F2N5O3. The van der Waals surface area contributed by atoms with Gasteiger partial charge in [0.1, 0.15) is 23.0 Å². The highest BCUT2D eigenvalue weighted by molar-refractivity contribution is 6.04. The minimum atomic E-state index is -0.667. The van der Waals surface area contributed by atoms with Crippen molar-refractivity contribution in [3.05, 3.63) is 53.2 Å². The quantitative estimate of drug-likeness (QED) is 0.625. The van der Waals surface area contributed by atoms with Gasteiger partial charge >= 0.3 is 5.97 Å². The summed E-state index contributed by atoms with van der Waals surface area (Å²) >= 11 is 0. The van der Waals surface area contributed by atoms with E-state index in [2.05, 4.69) is 15.4 Å². The second-order valence-corrected chi connectivity index (χ2v) is 7.20. The van der Waals surface area contributed by atoms with Crippen LogP contribution < -0.4 is 10.2 Å². The number of hydrogen-bond donors (Lipinski definition) is 1. The zero-order chi connectivity index (χ0) is 22.1. The van der Waals surface area contributed by atoms with Crippen molar-refractivity contribution in [3.63, 3.8) is 0 Å². The van der Waals surface area contributed by atoms with E-state index in [1.807, 2.05) is 4.90 Å². The minimum Gasteiger partial charge on any atom is -0.462 e. The Morgan fingerprint density at radius 2 is 2.10 bits per heavy atom. The molecule has 0 aliphatic carbocycles. The largest absolute Gasteiger partial charge is 0.462 e. The highest BCUT2D eigenvalue weighted by atomic mass is 19.1. The average Bonchev–Trinajstić information content (AvgIpc) is 3.33. The Morgan fingerprint density at radius 1 is 1.29 bits per heavy atom. The van der Waals surface area contributed by atoms with E-state index in [0.29, 0.717) is 18.8 Å². The van der Waals surface area contributed by atoms with Gasteiger partial charge in [0, 0.05) is 25.2 Å². The first-order chi connectivity index (χ1) is 14.9. The third-order valence-corrected chi connectivity index (χ3v) is 5.11. The topological polar surface area (TPSA) is 88.8 Å². The SMILES string of the molecule is CCOC(=O)c1c(NC(C)=O)nn2ccc(N3CCCC3c3cc(F)ccc3F)nc12. The molecule has 3 aromatic rings. The van der Waals surface area contributed by atoms with Gasteiger partial charge in [-0.1, -0.05) is 0 Å². The van der Waals surface area contributed by atoms with E-state index in [1.54, 1.807) is 19.2 Å². The monoisotopic (exact) mass is 429 g/mol. The second kappa shape index (κ2) is 8.29. The zero-order valence-corrected chi connectivity index (χ0v) is 17.1. The maximum absolute atomic E-state index is 14.4. The fraction of sp³-hybridized carbons (Fsp3) is 0.333. The predicted molar refractivity (Wildman–Crippen MR) is 109 cm³/mol. The summed E-state index contributed by atoms with van der Waals surface area (Å²) < 4.78 is 34.7. The molecule has 1 aromatic carbocycles. The van der Waals surface area contributed by atoms with Crippen molar-refractivity contribution >= 4 is 29.2 Å². The molecule has 0 radical (unpaired) electrons. The molecule has 0 spiro atoms. The minimum absolute atomic E-state index is 0.0339. The molecule has 1 fully saturated rings. The molecule has 3 heterocycles. The Bertz CT molecular complexity index is 1160. The second-order valence-electron chi connectivity index (χ2n) is 7.20. The summed E-state index contributed by atoms with van der Waals surface area (Å²) in [5.74, 6) is -1.52. The highest BCUT2D eigenvalue weighted by Crippen LogP contribution is 2.37. The van der Waals surface area contributed by atoms with Crippen molar-refractivity contribution in [1.82, 2.24) is 14.6 Å². The number of hydrogen-bond acceptors (Lipinski definition) is 6. The van der Waals surface area contributed by atoms with Crippen molar-refractivity contribution < 1.29 is 23.1 Å². The number of benzene rings is 1. The van der Waals surface area contributed by atoms with E-state index in [4.69, 9.17) is 4.74 Å². The number of fused-ring (bicyclic) bond motifs is 1. The lowest BCUT2D eigenvalue weighted by Crippen LogP contribution is -2.24. The normalized spacial score (nSPS) is 16.0. The van der Waals surface area contributed by atoms with Gasteiger partial charge in [0.15, 0.2) is 11.5 Å². The molecular weight excluding hydrogens is 408 g/mol. The number of carbonyl (C=O) groups excluding carboxylic acids is 2. The summed E-state index contributed by atoms with van der Waals surface area (Å²) in [7, 11) is 0. The van der Waals surface area contributed by atoms with Gasteiger partial charge in [-0.25, -0.2) is 23.1 Å². The van der Waals surface area contributed by atoms with Crippen LogP contribution in [-0.4, -0.2) is 39.6 Å². The number of ether oxygens (including phenoxy) is 1. The van der Waals surface area contributed by atoms with Crippen molar-refractivity contribution in [2.45, 2.75) is 32.7 Å². The summed E-state index contributed by atoms with van der Waals surface area (Å²) in [5, 5.41) is 6.74. The molecule has 1 aliphatic heterocycles. The van der Waals surface area contributed by atoms with Crippen LogP contribution in [0.1, 0.15) is 48.7 Å². The van der Waals surface area contributed by atoms with Gasteiger partial charge in [-0.2, -0.15) is 0 Å². The summed E-state index contributed by atoms with van der Waals surface area (Å²) in [6.07, 6.45) is 3.01. The van der Waals surface area contributed by atoms with Crippen LogP contribution in [0.2, 0.25) is 0 Å². The highest BCUT2D eigenvalue weighted by Gasteiger charge is 2.31. The average molecular weight is 429 g/mol. The summed E-state index contributed by atoms with van der Waals surface area (Å²) in [5.41, 5.74) is 0.494. The van der Waals surface area contributed by atoms with Crippen LogP contribution in [0.15, 0.2) is 30.5 Å². The first-order valence-corrected chi connectivity index (χ1v) is 9.94. The third kappa shape index (κ3) is 3.92. The lowest BCUT2D eigenvalue weighted by atomic mass is 10.0. The smallest absolute Gasteiger partial charge is 0.345 e. The first kappa shape index (κ1) is 20.7. The number of nitrogens with zero attached hydrogens (tertiary/aromatic N) is 4.